The highest BCUT2D eigenvalue weighted by molar-refractivity contribution is 5.76. The van der Waals surface area contributed by atoms with Crippen molar-refractivity contribution < 1.29 is 0 Å². The molecule has 0 amide bonds. The van der Waals surface area contributed by atoms with Crippen molar-refractivity contribution in [2.45, 2.75) is 26.2 Å². The number of aryl methyl sites for hydroxylation is 2. The minimum Gasteiger partial charge on any atom is -0.331 e. The zero-order chi connectivity index (χ0) is 13.7. The summed E-state index contributed by atoms with van der Waals surface area (Å²) in [5.74, 6) is 1.04. The fourth-order valence-corrected chi connectivity index (χ4v) is 2.17. The van der Waals surface area contributed by atoms with Crippen LogP contribution in [0.25, 0.3) is 11.0 Å². The topological polar surface area (TPSA) is 53.6 Å². The number of aromatic nitrogens is 2. The molecule has 0 radical (unpaired) electrons. The SMILES string of the molecule is Cc1nc2cc(CCNCCCC#N)ccc2n1C. The summed E-state index contributed by atoms with van der Waals surface area (Å²) in [6.07, 6.45) is 2.55. The van der Waals surface area contributed by atoms with Gasteiger partial charge in [-0.05, 0) is 50.6 Å². The van der Waals surface area contributed by atoms with E-state index < -0.39 is 0 Å². The Morgan fingerprint density at radius 3 is 3.00 bits per heavy atom. The van der Waals surface area contributed by atoms with Gasteiger partial charge in [-0.1, -0.05) is 6.07 Å². The number of rotatable bonds is 6. The summed E-state index contributed by atoms with van der Waals surface area (Å²) in [5, 5.41) is 11.8. The Morgan fingerprint density at radius 2 is 2.21 bits per heavy atom. The minimum atomic E-state index is 0.631. The van der Waals surface area contributed by atoms with Crippen molar-refractivity contribution in [1.29, 1.82) is 5.26 Å². The summed E-state index contributed by atoms with van der Waals surface area (Å²) in [7, 11) is 2.04. The molecule has 0 aliphatic carbocycles. The zero-order valence-electron chi connectivity index (χ0n) is 11.6. The van der Waals surface area contributed by atoms with Crippen molar-refractivity contribution in [1.82, 2.24) is 14.9 Å². The molecule has 4 heteroatoms. The van der Waals surface area contributed by atoms with Gasteiger partial charge in [0.05, 0.1) is 17.1 Å². The van der Waals surface area contributed by atoms with Crippen LogP contribution in [0, 0.1) is 18.3 Å². The lowest BCUT2D eigenvalue weighted by Crippen LogP contribution is -2.18. The van der Waals surface area contributed by atoms with Crippen LogP contribution < -0.4 is 5.32 Å². The molecule has 0 bridgehead atoms. The molecule has 0 atom stereocenters. The first-order valence-corrected chi connectivity index (χ1v) is 6.72. The lowest BCUT2D eigenvalue weighted by atomic mass is 10.1. The predicted molar refractivity (Wildman–Crippen MR) is 76.9 cm³/mol. The third-order valence-corrected chi connectivity index (χ3v) is 3.40. The number of hydrogen-bond acceptors (Lipinski definition) is 3. The van der Waals surface area contributed by atoms with E-state index in [2.05, 4.69) is 39.1 Å². The number of nitrogens with zero attached hydrogens (tertiary/aromatic N) is 3. The molecule has 4 nitrogen and oxygen atoms in total. The van der Waals surface area contributed by atoms with E-state index in [-0.39, 0.29) is 0 Å². The van der Waals surface area contributed by atoms with Gasteiger partial charge in [-0.25, -0.2) is 4.98 Å². The van der Waals surface area contributed by atoms with Gasteiger partial charge in [-0.3, -0.25) is 0 Å². The van der Waals surface area contributed by atoms with Crippen LogP contribution in [0.5, 0.6) is 0 Å². The smallest absolute Gasteiger partial charge is 0.106 e. The van der Waals surface area contributed by atoms with Crippen LogP contribution in [0.4, 0.5) is 0 Å². The fraction of sp³-hybridized carbons (Fsp3) is 0.467. The molecule has 0 spiro atoms. The molecular weight excluding hydrogens is 236 g/mol. The number of nitriles is 1. The van der Waals surface area contributed by atoms with Crippen LogP contribution in [0.1, 0.15) is 24.2 Å². The maximum absolute atomic E-state index is 8.44. The molecule has 2 aromatic rings. The Labute approximate surface area is 114 Å². The number of unbranched alkanes of at least 4 members (excludes halogenated alkanes) is 1. The number of hydrogen-bond donors (Lipinski definition) is 1. The van der Waals surface area contributed by atoms with Crippen LogP contribution in [0.15, 0.2) is 18.2 Å². The van der Waals surface area contributed by atoms with Gasteiger partial charge >= 0.3 is 0 Å². The largest absolute Gasteiger partial charge is 0.331 e. The van der Waals surface area contributed by atoms with Crippen molar-refractivity contribution in [2.75, 3.05) is 13.1 Å². The van der Waals surface area contributed by atoms with Gasteiger partial charge in [0, 0.05) is 13.5 Å². The summed E-state index contributed by atoms with van der Waals surface area (Å²) < 4.78 is 2.11. The predicted octanol–water partition coefficient (Wildman–Crippen LogP) is 2.32. The van der Waals surface area contributed by atoms with Crippen molar-refractivity contribution in [3.8, 4) is 6.07 Å². The van der Waals surface area contributed by atoms with E-state index in [1.807, 2.05) is 14.0 Å². The molecule has 0 saturated carbocycles. The molecule has 19 heavy (non-hydrogen) atoms. The van der Waals surface area contributed by atoms with E-state index in [1.54, 1.807) is 0 Å². The second-order valence-corrected chi connectivity index (χ2v) is 4.80. The maximum Gasteiger partial charge on any atom is 0.106 e. The Morgan fingerprint density at radius 1 is 1.37 bits per heavy atom. The molecule has 0 saturated heterocycles. The Bertz CT molecular complexity index is 592. The maximum atomic E-state index is 8.44. The molecule has 1 aromatic heterocycles. The molecule has 1 heterocycles. The van der Waals surface area contributed by atoms with Crippen LogP contribution in [0.3, 0.4) is 0 Å². The number of nitrogens with one attached hydrogen (secondary N) is 1. The lowest BCUT2D eigenvalue weighted by molar-refractivity contribution is 0.655. The van der Waals surface area contributed by atoms with Gasteiger partial charge in [0.1, 0.15) is 5.82 Å². The van der Waals surface area contributed by atoms with Crippen molar-refractivity contribution in [2.24, 2.45) is 7.05 Å². The summed E-state index contributed by atoms with van der Waals surface area (Å²) in [5.41, 5.74) is 3.56. The van der Waals surface area contributed by atoms with Gasteiger partial charge in [0.25, 0.3) is 0 Å². The average molecular weight is 256 g/mol. The standard InChI is InChI=1S/C15H20N4/c1-12-18-14-11-13(5-6-15(14)19(12)2)7-10-17-9-4-3-8-16/h5-6,11,17H,3-4,7,9-10H2,1-2H3. The third-order valence-electron chi connectivity index (χ3n) is 3.40. The van der Waals surface area contributed by atoms with Gasteiger partial charge in [-0.2, -0.15) is 5.26 Å². The van der Waals surface area contributed by atoms with E-state index in [0.717, 1.165) is 37.3 Å². The molecule has 100 valence electrons. The van der Waals surface area contributed by atoms with Crippen molar-refractivity contribution >= 4 is 11.0 Å². The third kappa shape index (κ3) is 3.33. The van der Waals surface area contributed by atoms with E-state index >= 15 is 0 Å². The normalized spacial score (nSPS) is 10.8. The monoisotopic (exact) mass is 256 g/mol. The summed E-state index contributed by atoms with van der Waals surface area (Å²) >= 11 is 0. The number of imidazole rings is 1. The van der Waals surface area contributed by atoms with E-state index in [4.69, 9.17) is 5.26 Å². The first-order valence-electron chi connectivity index (χ1n) is 6.72. The molecule has 0 unspecified atom stereocenters. The molecular formula is C15H20N4. The van der Waals surface area contributed by atoms with Gasteiger partial charge in [0.2, 0.25) is 0 Å². The number of benzene rings is 1. The Kier molecular flexibility index (Phi) is 4.53. The summed E-state index contributed by atoms with van der Waals surface area (Å²) in [4.78, 5) is 4.55. The first kappa shape index (κ1) is 13.6. The van der Waals surface area contributed by atoms with Gasteiger partial charge in [0.15, 0.2) is 0 Å². The molecule has 1 N–H and O–H groups in total. The molecule has 0 aliphatic rings. The van der Waals surface area contributed by atoms with Crippen molar-refractivity contribution in [3.63, 3.8) is 0 Å². The summed E-state index contributed by atoms with van der Waals surface area (Å²) in [6.45, 7) is 3.89. The highest BCUT2D eigenvalue weighted by atomic mass is 15.0. The highest BCUT2D eigenvalue weighted by Crippen LogP contribution is 2.16. The highest BCUT2D eigenvalue weighted by Gasteiger charge is 2.04. The Hall–Kier alpha value is -1.86. The van der Waals surface area contributed by atoms with Gasteiger partial charge < -0.3 is 9.88 Å². The molecule has 0 aliphatic heterocycles. The van der Waals surface area contributed by atoms with Crippen LogP contribution in [-0.4, -0.2) is 22.6 Å². The molecule has 0 fully saturated rings. The van der Waals surface area contributed by atoms with E-state index in [9.17, 15) is 0 Å². The minimum absolute atomic E-state index is 0.631. The second kappa shape index (κ2) is 6.35. The van der Waals surface area contributed by atoms with E-state index in [1.165, 1.54) is 11.1 Å². The second-order valence-electron chi connectivity index (χ2n) is 4.80. The van der Waals surface area contributed by atoms with Crippen molar-refractivity contribution in [3.05, 3.63) is 29.6 Å². The Balaban J connectivity index is 1.89. The van der Waals surface area contributed by atoms with Gasteiger partial charge in [-0.15, -0.1) is 0 Å². The molecule has 2 rings (SSSR count). The quantitative estimate of drug-likeness (QED) is 0.807. The number of fused-ring (bicyclic) bond motifs is 1. The van der Waals surface area contributed by atoms with Crippen LogP contribution in [-0.2, 0) is 13.5 Å². The van der Waals surface area contributed by atoms with Crippen LogP contribution in [0.2, 0.25) is 0 Å². The van der Waals surface area contributed by atoms with Crippen LogP contribution >= 0.6 is 0 Å². The average Bonchev–Trinajstić information content (AvgIpc) is 2.69. The summed E-state index contributed by atoms with van der Waals surface area (Å²) in [6, 6.07) is 8.63. The van der Waals surface area contributed by atoms with E-state index in [0.29, 0.717) is 6.42 Å². The molecule has 1 aromatic carbocycles. The zero-order valence-corrected chi connectivity index (χ0v) is 11.6. The first-order chi connectivity index (χ1) is 9.22. The lowest BCUT2D eigenvalue weighted by Gasteiger charge is -2.04. The fourth-order valence-electron chi connectivity index (χ4n) is 2.17.